The lowest BCUT2D eigenvalue weighted by atomic mass is 10.2. The van der Waals surface area contributed by atoms with Crippen molar-refractivity contribution in [3.05, 3.63) is 0 Å². The Morgan fingerprint density at radius 2 is 2.08 bits per heavy atom. The highest BCUT2D eigenvalue weighted by atomic mass is 16.7. The fraction of sp³-hybridized carbons (Fsp3) is 1.00. The average molecular weight is 189 g/mol. The van der Waals surface area contributed by atoms with Gasteiger partial charge in [0.05, 0.1) is 19.3 Å². The van der Waals surface area contributed by atoms with Crippen molar-refractivity contribution in [2.24, 2.45) is 0 Å². The molecule has 0 saturated carbocycles. The Balaban J connectivity index is 2.32. The third-order valence-electron chi connectivity index (χ3n) is 1.94. The van der Waals surface area contributed by atoms with E-state index in [2.05, 4.69) is 5.32 Å². The molecule has 1 fully saturated rings. The van der Waals surface area contributed by atoms with Crippen LogP contribution in [-0.4, -0.2) is 45.3 Å². The van der Waals surface area contributed by atoms with Crippen LogP contribution in [0.2, 0.25) is 0 Å². The normalized spacial score (nSPS) is 23.8. The van der Waals surface area contributed by atoms with Gasteiger partial charge in [-0.15, -0.1) is 0 Å². The first-order chi connectivity index (χ1) is 6.38. The minimum Gasteiger partial charge on any atom is -0.378 e. The van der Waals surface area contributed by atoms with Crippen molar-refractivity contribution in [3.8, 4) is 0 Å². The molecule has 0 amide bonds. The molecule has 0 aromatic heterocycles. The number of hydrogen-bond acceptors (Lipinski definition) is 4. The lowest BCUT2D eigenvalue weighted by Crippen LogP contribution is -2.50. The van der Waals surface area contributed by atoms with Crippen LogP contribution in [0.5, 0.6) is 0 Å². The molecule has 0 bridgehead atoms. The third-order valence-corrected chi connectivity index (χ3v) is 1.94. The van der Waals surface area contributed by atoms with E-state index in [9.17, 15) is 0 Å². The van der Waals surface area contributed by atoms with Crippen molar-refractivity contribution in [1.82, 2.24) is 5.32 Å². The number of rotatable bonds is 5. The van der Waals surface area contributed by atoms with Crippen molar-refractivity contribution in [1.29, 1.82) is 0 Å². The molecule has 13 heavy (non-hydrogen) atoms. The summed E-state index contributed by atoms with van der Waals surface area (Å²) in [7, 11) is 0. The van der Waals surface area contributed by atoms with Gasteiger partial charge in [-0.3, -0.25) is 0 Å². The maximum atomic E-state index is 5.46. The highest BCUT2D eigenvalue weighted by Gasteiger charge is 2.24. The fourth-order valence-electron chi connectivity index (χ4n) is 1.37. The van der Waals surface area contributed by atoms with Gasteiger partial charge in [-0.05, 0) is 13.8 Å². The molecule has 4 heteroatoms. The minimum absolute atomic E-state index is 0.171. The van der Waals surface area contributed by atoms with Gasteiger partial charge in [-0.25, -0.2) is 0 Å². The van der Waals surface area contributed by atoms with Gasteiger partial charge in [-0.2, -0.15) is 0 Å². The first-order valence-electron chi connectivity index (χ1n) is 4.92. The number of ether oxygens (including phenoxy) is 3. The molecule has 1 atom stereocenters. The zero-order valence-corrected chi connectivity index (χ0v) is 8.41. The first-order valence-corrected chi connectivity index (χ1v) is 4.92. The van der Waals surface area contributed by atoms with Crippen molar-refractivity contribution in [3.63, 3.8) is 0 Å². The molecule has 0 aromatic carbocycles. The predicted molar refractivity (Wildman–Crippen MR) is 49.6 cm³/mol. The summed E-state index contributed by atoms with van der Waals surface area (Å²) < 4.78 is 16.2. The maximum absolute atomic E-state index is 5.46. The van der Waals surface area contributed by atoms with E-state index in [1.807, 2.05) is 13.8 Å². The van der Waals surface area contributed by atoms with Crippen molar-refractivity contribution in [2.45, 2.75) is 26.2 Å². The largest absolute Gasteiger partial charge is 0.378 e. The van der Waals surface area contributed by atoms with Gasteiger partial charge in [0, 0.05) is 19.8 Å². The molecule has 1 heterocycles. The molecule has 4 nitrogen and oxygen atoms in total. The SMILES string of the molecule is CCOC(OCC)C1COCCN1. The summed E-state index contributed by atoms with van der Waals surface area (Å²) in [5.41, 5.74) is 0. The first kappa shape index (κ1) is 10.9. The summed E-state index contributed by atoms with van der Waals surface area (Å²) in [5.74, 6) is 0. The van der Waals surface area contributed by atoms with Gasteiger partial charge in [0.1, 0.15) is 0 Å². The zero-order chi connectivity index (χ0) is 9.52. The molecule has 0 aliphatic carbocycles. The molecule has 1 rings (SSSR count). The van der Waals surface area contributed by atoms with Crippen LogP contribution in [0.1, 0.15) is 13.8 Å². The van der Waals surface area contributed by atoms with Crippen molar-refractivity contribution >= 4 is 0 Å². The second-order valence-electron chi connectivity index (χ2n) is 2.91. The van der Waals surface area contributed by atoms with E-state index in [-0.39, 0.29) is 12.3 Å². The maximum Gasteiger partial charge on any atom is 0.174 e. The molecule has 78 valence electrons. The van der Waals surface area contributed by atoms with E-state index < -0.39 is 0 Å². The standard InChI is InChI=1S/C9H19NO3/c1-3-12-9(13-4-2)8-7-11-6-5-10-8/h8-10H,3-7H2,1-2H3. The summed E-state index contributed by atoms with van der Waals surface area (Å²) in [6.45, 7) is 7.60. The molecular formula is C9H19NO3. The summed E-state index contributed by atoms with van der Waals surface area (Å²) in [6, 6.07) is 0.175. The van der Waals surface area contributed by atoms with Crippen molar-refractivity contribution in [2.75, 3.05) is 33.0 Å². The molecule has 1 aliphatic heterocycles. The number of morpholine rings is 1. The Labute approximate surface area is 79.5 Å². The monoisotopic (exact) mass is 189 g/mol. The second-order valence-corrected chi connectivity index (χ2v) is 2.91. The summed E-state index contributed by atoms with van der Waals surface area (Å²) in [6.07, 6.45) is -0.171. The van der Waals surface area contributed by atoms with Crippen molar-refractivity contribution < 1.29 is 14.2 Å². The molecule has 1 aliphatic rings. The second kappa shape index (κ2) is 6.32. The lowest BCUT2D eigenvalue weighted by molar-refractivity contribution is -0.168. The van der Waals surface area contributed by atoms with Crippen LogP contribution >= 0.6 is 0 Å². The quantitative estimate of drug-likeness (QED) is 0.634. The Morgan fingerprint density at radius 3 is 2.54 bits per heavy atom. The van der Waals surface area contributed by atoms with Crippen LogP contribution < -0.4 is 5.32 Å². The number of hydrogen-bond donors (Lipinski definition) is 1. The minimum atomic E-state index is -0.171. The van der Waals surface area contributed by atoms with E-state index in [4.69, 9.17) is 14.2 Å². The molecule has 1 N–H and O–H groups in total. The summed E-state index contributed by atoms with van der Waals surface area (Å²) >= 11 is 0. The highest BCUT2D eigenvalue weighted by Crippen LogP contribution is 2.05. The Kier molecular flexibility index (Phi) is 5.31. The fourth-order valence-corrected chi connectivity index (χ4v) is 1.37. The summed E-state index contributed by atoms with van der Waals surface area (Å²) in [5, 5.41) is 3.31. The number of nitrogens with one attached hydrogen (secondary N) is 1. The lowest BCUT2D eigenvalue weighted by Gasteiger charge is -2.30. The Morgan fingerprint density at radius 1 is 1.38 bits per heavy atom. The van der Waals surface area contributed by atoms with E-state index in [1.165, 1.54) is 0 Å². The smallest absolute Gasteiger partial charge is 0.174 e. The molecule has 0 aromatic rings. The Bertz CT molecular complexity index is 120. The zero-order valence-electron chi connectivity index (χ0n) is 8.41. The van der Waals surface area contributed by atoms with E-state index in [0.29, 0.717) is 19.8 Å². The third kappa shape index (κ3) is 3.60. The van der Waals surface area contributed by atoms with Gasteiger partial charge in [0.2, 0.25) is 0 Å². The van der Waals surface area contributed by atoms with Gasteiger partial charge in [0.25, 0.3) is 0 Å². The van der Waals surface area contributed by atoms with Crippen LogP contribution in [-0.2, 0) is 14.2 Å². The van der Waals surface area contributed by atoms with E-state index in [1.54, 1.807) is 0 Å². The Hall–Kier alpha value is -0.160. The topological polar surface area (TPSA) is 39.7 Å². The molecule has 0 spiro atoms. The molecule has 0 radical (unpaired) electrons. The molecule has 1 saturated heterocycles. The van der Waals surface area contributed by atoms with Crippen LogP contribution in [0.15, 0.2) is 0 Å². The van der Waals surface area contributed by atoms with Gasteiger partial charge >= 0.3 is 0 Å². The predicted octanol–water partition coefficient (Wildman–Crippen LogP) is 0.374. The van der Waals surface area contributed by atoms with Gasteiger partial charge < -0.3 is 19.5 Å². The van der Waals surface area contributed by atoms with E-state index in [0.717, 1.165) is 13.2 Å². The van der Waals surface area contributed by atoms with Crippen LogP contribution in [0.3, 0.4) is 0 Å². The van der Waals surface area contributed by atoms with Gasteiger partial charge in [-0.1, -0.05) is 0 Å². The van der Waals surface area contributed by atoms with Crippen LogP contribution in [0.25, 0.3) is 0 Å². The molecule has 1 unspecified atom stereocenters. The summed E-state index contributed by atoms with van der Waals surface area (Å²) in [4.78, 5) is 0. The van der Waals surface area contributed by atoms with Crippen LogP contribution in [0, 0.1) is 0 Å². The van der Waals surface area contributed by atoms with E-state index >= 15 is 0 Å². The van der Waals surface area contributed by atoms with Gasteiger partial charge in [0.15, 0.2) is 6.29 Å². The van der Waals surface area contributed by atoms with Crippen LogP contribution in [0.4, 0.5) is 0 Å². The average Bonchev–Trinajstić information content (AvgIpc) is 2.19. The highest BCUT2D eigenvalue weighted by molar-refractivity contribution is 4.73. The molecular weight excluding hydrogens is 170 g/mol.